The van der Waals surface area contributed by atoms with E-state index < -0.39 is 5.97 Å². The summed E-state index contributed by atoms with van der Waals surface area (Å²) < 4.78 is 4.85. The summed E-state index contributed by atoms with van der Waals surface area (Å²) in [6.45, 7) is 2.51. The van der Waals surface area contributed by atoms with E-state index in [1.807, 2.05) is 30.3 Å². The van der Waals surface area contributed by atoms with Crippen LogP contribution < -0.4 is 10.2 Å². The Morgan fingerprint density at radius 2 is 1.64 bits per heavy atom. The average molecular weight is 382 g/mol. The Balaban J connectivity index is 1.97. The van der Waals surface area contributed by atoms with E-state index in [2.05, 4.69) is 5.32 Å². The summed E-state index contributed by atoms with van der Waals surface area (Å²) >= 11 is 0. The monoisotopic (exact) mass is 382 g/mol. The predicted molar refractivity (Wildman–Crippen MR) is 108 cm³/mol. The molecule has 2 amide bonds. The Bertz CT molecular complexity index is 805. The van der Waals surface area contributed by atoms with Crippen molar-refractivity contribution >= 4 is 23.5 Å². The minimum atomic E-state index is -0.406. The number of hydrogen-bond acceptors (Lipinski definition) is 4. The molecule has 0 aromatic heterocycles. The Hall–Kier alpha value is -3.15. The van der Waals surface area contributed by atoms with Gasteiger partial charge in [-0.15, -0.1) is 0 Å². The van der Waals surface area contributed by atoms with Crippen molar-refractivity contribution in [3.8, 4) is 0 Å². The molecule has 0 spiro atoms. The van der Waals surface area contributed by atoms with Crippen LogP contribution in [0.1, 0.15) is 35.7 Å². The van der Waals surface area contributed by atoms with Crippen LogP contribution in [0.2, 0.25) is 0 Å². The SMILES string of the molecule is CCOC(=O)CCC(=O)N(C)c1ccccc1C(=O)NCCc1ccccc1. The first-order valence-corrected chi connectivity index (χ1v) is 9.36. The number of rotatable bonds is 9. The Labute approximate surface area is 165 Å². The minimum Gasteiger partial charge on any atom is -0.466 e. The lowest BCUT2D eigenvalue weighted by atomic mass is 10.1. The fourth-order valence-corrected chi connectivity index (χ4v) is 2.76. The maximum Gasteiger partial charge on any atom is 0.306 e. The molecule has 0 radical (unpaired) electrons. The van der Waals surface area contributed by atoms with E-state index in [0.717, 1.165) is 12.0 Å². The third-order valence-corrected chi connectivity index (χ3v) is 4.27. The van der Waals surface area contributed by atoms with E-state index in [4.69, 9.17) is 4.74 Å². The Kier molecular flexibility index (Phi) is 8.21. The summed E-state index contributed by atoms with van der Waals surface area (Å²) in [5, 5.41) is 2.90. The van der Waals surface area contributed by atoms with Crippen LogP contribution >= 0.6 is 0 Å². The topological polar surface area (TPSA) is 75.7 Å². The highest BCUT2D eigenvalue weighted by Crippen LogP contribution is 2.20. The lowest BCUT2D eigenvalue weighted by Crippen LogP contribution is -2.31. The lowest BCUT2D eigenvalue weighted by molar-refractivity contribution is -0.144. The normalized spacial score (nSPS) is 10.2. The number of nitrogens with one attached hydrogen (secondary N) is 1. The molecule has 0 aliphatic heterocycles. The molecule has 148 valence electrons. The summed E-state index contributed by atoms with van der Waals surface area (Å²) in [6, 6.07) is 16.8. The molecule has 0 atom stereocenters. The van der Waals surface area contributed by atoms with Crippen molar-refractivity contribution in [2.75, 3.05) is 25.1 Å². The quantitative estimate of drug-likeness (QED) is 0.677. The highest BCUT2D eigenvalue weighted by atomic mass is 16.5. The van der Waals surface area contributed by atoms with Gasteiger partial charge in [0.15, 0.2) is 0 Å². The number of anilines is 1. The number of nitrogens with zero attached hydrogens (tertiary/aromatic N) is 1. The van der Waals surface area contributed by atoms with Crippen LogP contribution in [0.3, 0.4) is 0 Å². The van der Waals surface area contributed by atoms with Gasteiger partial charge in [0, 0.05) is 20.0 Å². The van der Waals surface area contributed by atoms with Gasteiger partial charge >= 0.3 is 5.97 Å². The van der Waals surface area contributed by atoms with E-state index in [0.29, 0.717) is 17.8 Å². The second-order valence-electron chi connectivity index (χ2n) is 6.27. The summed E-state index contributed by atoms with van der Waals surface area (Å²) in [5.41, 5.74) is 2.07. The van der Waals surface area contributed by atoms with Gasteiger partial charge in [-0.3, -0.25) is 14.4 Å². The number of carbonyl (C=O) groups excluding carboxylic acids is 3. The van der Waals surface area contributed by atoms with Crippen molar-refractivity contribution < 1.29 is 19.1 Å². The van der Waals surface area contributed by atoms with Crippen molar-refractivity contribution in [3.05, 3.63) is 65.7 Å². The zero-order valence-corrected chi connectivity index (χ0v) is 16.3. The second kappa shape index (κ2) is 10.9. The van der Waals surface area contributed by atoms with Crippen molar-refractivity contribution in [2.24, 2.45) is 0 Å². The standard InChI is InChI=1S/C22H26N2O4/c1-3-28-21(26)14-13-20(25)24(2)19-12-8-7-11-18(19)22(27)23-16-15-17-9-5-4-6-10-17/h4-12H,3,13-16H2,1-2H3,(H,23,27). The summed E-state index contributed by atoms with van der Waals surface area (Å²) in [5.74, 6) is -0.898. The van der Waals surface area contributed by atoms with Crippen LogP contribution in [-0.2, 0) is 20.7 Å². The van der Waals surface area contributed by atoms with Crippen LogP contribution in [0.5, 0.6) is 0 Å². The third kappa shape index (κ3) is 6.23. The molecule has 28 heavy (non-hydrogen) atoms. The zero-order chi connectivity index (χ0) is 20.4. The molecule has 2 aromatic carbocycles. The number of carbonyl (C=O) groups is 3. The fraction of sp³-hybridized carbons (Fsp3) is 0.318. The van der Waals surface area contributed by atoms with Crippen molar-refractivity contribution in [2.45, 2.75) is 26.2 Å². The van der Waals surface area contributed by atoms with E-state index in [9.17, 15) is 14.4 Å². The number of para-hydroxylation sites is 1. The molecule has 6 nitrogen and oxygen atoms in total. The van der Waals surface area contributed by atoms with Crippen LogP contribution in [-0.4, -0.2) is 38.0 Å². The van der Waals surface area contributed by atoms with Gasteiger partial charge in [-0.1, -0.05) is 42.5 Å². The van der Waals surface area contributed by atoms with Gasteiger partial charge in [-0.25, -0.2) is 0 Å². The molecule has 2 rings (SSSR count). The largest absolute Gasteiger partial charge is 0.466 e. The van der Waals surface area contributed by atoms with Gasteiger partial charge in [-0.05, 0) is 31.0 Å². The fourth-order valence-electron chi connectivity index (χ4n) is 2.76. The second-order valence-corrected chi connectivity index (χ2v) is 6.27. The average Bonchev–Trinajstić information content (AvgIpc) is 2.72. The molecule has 1 N–H and O–H groups in total. The maximum atomic E-state index is 12.6. The summed E-state index contributed by atoms with van der Waals surface area (Å²) in [4.78, 5) is 37.9. The molecule has 0 bridgehead atoms. The third-order valence-electron chi connectivity index (χ3n) is 4.27. The summed E-state index contributed by atoms with van der Waals surface area (Å²) in [6.07, 6.45) is 0.769. The number of esters is 1. The highest BCUT2D eigenvalue weighted by molar-refractivity contribution is 6.04. The zero-order valence-electron chi connectivity index (χ0n) is 16.3. The van der Waals surface area contributed by atoms with Crippen molar-refractivity contribution in [1.82, 2.24) is 5.32 Å². The van der Waals surface area contributed by atoms with Crippen LogP contribution in [0, 0.1) is 0 Å². The number of benzene rings is 2. The lowest BCUT2D eigenvalue weighted by Gasteiger charge is -2.20. The number of amides is 2. The molecule has 0 aliphatic rings. The maximum absolute atomic E-state index is 12.6. The number of hydrogen-bond donors (Lipinski definition) is 1. The van der Waals surface area contributed by atoms with Gasteiger partial charge in [-0.2, -0.15) is 0 Å². The van der Waals surface area contributed by atoms with E-state index in [1.165, 1.54) is 4.90 Å². The molecule has 0 fully saturated rings. The molecule has 0 unspecified atom stereocenters. The van der Waals surface area contributed by atoms with Crippen LogP contribution in [0.4, 0.5) is 5.69 Å². The van der Waals surface area contributed by atoms with Gasteiger partial charge in [0.25, 0.3) is 5.91 Å². The van der Waals surface area contributed by atoms with E-state index >= 15 is 0 Å². The smallest absolute Gasteiger partial charge is 0.306 e. The van der Waals surface area contributed by atoms with Crippen molar-refractivity contribution in [3.63, 3.8) is 0 Å². The van der Waals surface area contributed by atoms with Crippen LogP contribution in [0.15, 0.2) is 54.6 Å². The molecule has 0 heterocycles. The van der Waals surface area contributed by atoms with Gasteiger partial charge < -0.3 is 15.0 Å². The highest BCUT2D eigenvalue weighted by Gasteiger charge is 2.19. The molecule has 0 saturated carbocycles. The first kappa shape index (κ1) is 21.2. The Morgan fingerprint density at radius 3 is 2.36 bits per heavy atom. The van der Waals surface area contributed by atoms with Gasteiger partial charge in [0.1, 0.15) is 0 Å². The Morgan fingerprint density at radius 1 is 0.964 bits per heavy atom. The minimum absolute atomic E-state index is 0.0163. The van der Waals surface area contributed by atoms with Gasteiger partial charge in [0.05, 0.1) is 24.3 Å². The molecule has 2 aromatic rings. The molecular weight excluding hydrogens is 356 g/mol. The summed E-state index contributed by atoms with van der Waals surface area (Å²) in [7, 11) is 1.60. The first-order valence-electron chi connectivity index (χ1n) is 9.36. The molecule has 0 saturated heterocycles. The predicted octanol–water partition coefficient (Wildman–Crippen LogP) is 2.97. The van der Waals surface area contributed by atoms with E-state index in [-0.39, 0.29) is 31.3 Å². The van der Waals surface area contributed by atoms with Gasteiger partial charge in [0.2, 0.25) is 5.91 Å². The molecule has 6 heteroatoms. The van der Waals surface area contributed by atoms with Crippen LogP contribution in [0.25, 0.3) is 0 Å². The number of ether oxygens (including phenoxy) is 1. The van der Waals surface area contributed by atoms with E-state index in [1.54, 1.807) is 38.2 Å². The molecular formula is C22H26N2O4. The molecule has 0 aliphatic carbocycles. The van der Waals surface area contributed by atoms with Crippen molar-refractivity contribution in [1.29, 1.82) is 0 Å². The first-order chi connectivity index (χ1) is 13.5.